The highest BCUT2D eigenvalue weighted by atomic mass is 32.1. The van der Waals surface area contributed by atoms with Crippen molar-refractivity contribution < 1.29 is 0 Å². The van der Waals surface area contributed by atoms with Crippen LogP contribution >= 0.6 is 12.2 Å². The lowest BCUT2D eigenvalue weighted by Crippen LogP contribution is -2.38. The largest absolute Gasteiger partial charge is 0.392 e. The molecule has 0 aliphatic rings. The molecule has 1 rings (SSSR count). The first-order chi connectivity index (χ1) is 6.61. The topological polar surface area (TPSA) is 55.0 Å². The van der Waals surface area contributed by atoms with Crippen LogP contribution in [0.1, 0.15) is 12.7 Å². The summed E-state index contributed by atoms with van der Waals surface area (Å²) in [4.78, 5) is 10.7. The minimum absolute atomic E-state index is 0.0637. The maximum Gasteiger partial charge on any atom is 0.142 e. The van der Waals surface area contributed by atoms with E-state index in [1.165, 1.54) is 0 Å². The first-order valence-electron chi connectivity index (χ1n) is 4.36. The Morgan fingerprint density at radius 3 is 2.64 bits per heavy atom. The quantitative estimate of drug-likeness (QED) is 0.737. The molecule has 0 aliphatic carbocycles. The third kappa shape index (κ3) is 3.01. The van der Waals surface area contributed by atoms with Crippen molar-refractivity contribution in [3.63, 3.8) is 0 Å². The number of hydrogen-bond acceptors (Lipinski definition) is 4. The lowest BCUT2D eigenvalue weighted by molar-refractivity contribution is 0.296. The monoisotopic (exact) mass is 210 g/mol. The Balaban J connectivity index is 2.57. The molecular formula is C9H14N4S. The highest BCUT2D eigenvalue weighted by Crippen LogP contribution is 2.00. The van der Waals surface area contributed by atoms with E-state index >= 15 is 0 Å². The van der Waals surface area contributed by atoms with Crippen LogP contribution in [0.4, 0.5) is 0 Å². The van der Waals surface area contributed by atoms with Gasteiger partial charge >= 0.3 is 0 Å². The standard InChI is InChI=1S/C9H14N4S/c1-7(9(10)14)13(2)6-8-11-4-3-5-12-8/h3-5,7H,6H2,1-2H3,(H2,10,14). The normalized spacial score (nSPS) is 12.8. The number of thiocarbonyl (C=S) groups is 1. The first kappa shape index (κ1) is 11.0. The second-order valence-electron chi connectivity index (χ2n) is 3.16. The number of rotatable bonds is 4. The minimum atomic E-state index is 0.0637. The average molecular weight is 210 g/mol. The molecule has 2 N–H and O–H groups in total. The van der Waals surface area contributed by atoms with Gasteiger partial charge in [0.2, 0.25) is 0 Å². The molecule has 0 saturated carbocycles. The van der Waals surface area contributed by atoms with Gasteiger partial charge < -0.3 is 5.73 Å². The van der Waals surface area contributed by atoms with Crippen molar-refractivity contribution in [2.75, 3.05) is 7.05 Å². The maximum atomic E-state index is 5.54. The third-order valence-electron chi connectivity index (χ3n) is 2.08. The zero-order chi connectivity index (χ0) is 10.6. The van der Waals surface area contributed by atoms with Crippen LogP contribution in [0.5, 0.6) is 0 Å². The summed E-state index contributed by atoms with van der Waals surface area (Å²) >= 11 is 4.91. The zero-order valence-corrected chi connectivity index (χ0v) is 9.16. The average Bonchev–Trinajstić information content (AvgIpc) is 2.18. The van der Waals surface area contributed by atoms with E-state index in [-0.39, 0.29) is 6.04 Å². The molecule has 1 atom stereocenters. The minimum Gasteiger partial charge on any atom is -0.392 e. The van der Waals surface area contributed by atoms with Gasteiger partial charge in [-0.15, -0.1) is 0 Å². The Labute approximate surface area is 89.2 Å². The van der Waals surface area contributed by atoms with Crippen molar-refractivity contribution in [1.82, 2.24) is 14.9 Å². The number of aromatic nitrogens is 2. The second-order valence-corrected chi connectivity index (χ2v) is 3.63. The molecule has 1 heterocycles. The van der Waals surface area contributed by atoms with Gasteiger partial charge in [-0.25, -0.2) is 9.97 Å². The number of likely N-dealkylation sites (N-methyl/N-ethyl adjacent to an activating group) is 1. The Morgan fingerprint density at radius 1 is 1.57 bits per heavy atom. The summed E-state index contributed by atoms with van der Waals surface area (Å²) in [5.74, 6) is 0.776. The van der Waals surface area contributed by atoms with Gasteiger partial charge in [-0.1, -0.05) is 12.2 Å². The van der Waals surface area contributed by atoms with Gasteiger partial charge in [-0.2, -0.15) is 0 Å². The molecule has 5 heteroatoms. The third-order valence-corrected chi connectivity index (χ3v) is 2.42. The Bertz CT molecular complexity index is 301. The Morgan fingerprint density at radius 2 is 2.14 bits per heavy atom. The molecule has 0 amide bonds. The van der Waals surface area contributed by atoms with Crippen LogP contribution in [0.3, 0.4) is 0 Å². The van der Waals surface area contributed by atoms with Crippen LogP contribution < -0.4 is 5.73 Å². The lowest BCUT2D eigenvalue weighted by Gasteiger charge is -2.22. The molecule has 0 spiro atoms. The van der Waals surface area contributed by atoms with Gasteiger partial charge in [0.1, 0.15) is 5.82 Å². The second kappa shape index (κ2) is 4.97. The predicted molar refractivity (Wildman–Crippen MR) is 59.7 cm³/mol. The summed E-state index contributed by atoms with van der Waals surface area (Å²) in [5, 5.41) is 0. The molecule has 0 aromatic carbocycles. The summed E-state index contributed by atoms with van der Waals surface area (Å²) in [6.07, 6.45) is 3.45. The van der Waals surface area contributed by atoms with E-state index in [9.17, 15) is 0 Å². The fourth-order valence-electron chi connectivity index (χ4n) is 0.989. The van der Waals surface area contributed by atoms with Gasteiger partial charge in [-0.3, -0.25) is 4.90 Å². The summed E-state index contributed by atoms with van der Waals surface area (Å²) in [5.41, 5.74) is 5.54. The summed E-state index contributed by atoms with van der Waals surface area (Å²) in [6.45, 7) is 2.62. The predicted octanol–water partition coefficient (Wildman–Crippen LogP) is 0.583. The molecule has 14 heavy (non-hydrogen) atoms. The van der Waals surface area contributed by atoms with Crippen molar-refractivity contribution in [3.05, 3.63) is 24.3 Å². The Kier molecular flexibility index (Phi) is 3.91. The number of nitrogens with two attached hydrogens (primary N) is 1. The van der Waals surface area contributed by atoms with E-state index in [0.717, 1.165) is 5.82 Å². The van der Waals surface area contributed by atoms with E-state index in [4.69, 9.17) is 18.0 Å². The van der Waals surface area contributed by atoms with Crippen molar-refractivity contribution in [3.8, 4) is 0 Å². The molecule has 0 aliphatic heterocycles. The first-order valence-corrected chi connectivity index (χ1v) is 4.77. The molecule has 1 aromatic heterocycles. The smallest absolute Gasteiger partial charge is 0.142 e. The molecule has 4 nitrogen and oxygen atoms in total. The van der Waals surface area contributed by atoms with Gasteiger partial charge in [0, 0.05) is 12.4 Å². The van der Waals surface area contributed by atoms with Crippen LogP contribution in [0.2, 0.25) is 0 Å². The van der Waals surface area contributed by atoms with E-state index in [0.29, 0.717) is 11.5 Å². The molecule has 0 saturated heterocycles. The van der Waals surface area contributed by atoms with E-state index in [1.807, 2.05) is 18.9 Å². The van der Waals surface area contributed by atoms with Gasteiger partial charge in [0.25, 0.3) is 0 Å². The van der Waals surface area contributed by atoms with E-state index < -0.39 is 0 Å². The fourth-order valence-corrected chi connectivity index (χ4v) is 1.17. The van der Waals surface area contributed by atoms with E-state index in [1.54, 1.807) is 18.5 Å². The number of nitrogens with zero attached hydrogens (tertiary/aromatic N) is 3. The molecule has 76 valence electrons. The van der Waals surface area contributed by atoms with Gasteiger partial charge in [-0.05, 0) is 20.0 Å². The van der Waals surface area contributed by atoms with Gasteiger partial charge in [0.15, 0.2) is 0 Å². The van der Waals surface area contributed by atoms with E-state index in [2.05, 4.69) is 9.97 Å². The Hall–Kier alpha value is -1.07. The van der Waals surface area contributed by atoms with Crippen LogP contribution in [0, 0.1) is 0 Å². The molecule has 0 bridgehead atoms. The highest BCUT2D eigenvalue weighted by molar-refractivity contribution is 7.80. The molecule has 0 fully saturated rings. The van der Waals surface area contributed by atoms with Crippen LogP contribution in [-0.2, 0) is 6.54 Å². The lowest BCUT2D eigenvalue weighted by atomic mass is 10.3. The summed E-state index contributed by atoms with van der Waals surface area (Å²) in [7, 11) is 1.94. The highest BCUT2D eigenvalue weighted by Gasteiger charge is 2.12. The van der Waals surface area contributed by atoms with Crippen molar-refractivity contribution in [1.29, 1.82) is 0 Å². The van der Waals surface area contributed by atoms with Crippen molar-refractivity contribution >= 4 is 17.2 Å². The van der Waals surface area contributed by atoms with Gasteiger partial charge in [0.05, 0.1) is 17.6 Å². The number of hydrogen-bond donors (Lipinski definition) is 1. The molecular weight excluding hydrogens is 196 g/mol. The van der Waals surface area contributed by atoms with Crippen LogP contribution in [0.15, 0.2) is 18.5 Å². The molecule has 1 aromatic rings. The molecule has 0 radical (unpaired) electrons. The van der Waals surface area contributed by atoms with Crippen molar-refractivity contribution in [2.24, 2.45) is 5.73 Å². The summed E-state index contributed by atoms with van der Waals surface area (Å²) < 4.78 is 0. The van der Waals surface area contributed by atoms with Crippen LogP contribution in [0.25, 0.3) is 0 Å². The van der Waals surface area contributed by atoms with Crippen molar-refractivity contribution in [2.45, 2.75) is 19.5 Å². The zero-order valence-electron chi connectivity index (χ0n) is 8.34. The molecule has 1 unspecified atom stereocenters. The fraction of sp³-hybridized carbons (Fsp3) is 0.444. The summed E-state index contributed by atoms with van der Waals surface area (Å²) in [6, 6.07) is 1.86. The maximum absolute atomic E-state index is 5.54. The van der Waals surface area contributed by atoms with Crippen LogP contribution in [-0.4, -0.2) is 32.9 Å². The SMILES string of the molecule is CC(C(N)=S)N(C)Cc1ncccn1.